The molecule has 13 heteroatoms. The molecule has 208 valence electrons. The minimum Gasteiger partial charge on any atom is -0.457 e. The fraction of sp³-hybridized carbons (Fsp3) is 0.107. The topological polar surface area (TPSA) is 78.8 Å². The van der Waals surface area contributed by atoms with Crippen LogP contribution in [-0.4, -0.2) is 4.57 Å². The lowest BCUT2D eigenvalue weighted by atomic mass is 10.0. The summed E-state index contributed by atoms with van der Waals surface area (Å²) in [5, 5.41) is 18.4. The Hall–Kier alpha value is -5.17. The molecule has 0 aliphatic rings. The van der Waals surface area contributed by atoms with Crippen molar-refractivity contribution >= 4 is 0 Å². The molecule has 0 aliphatic heterocycles. The van der Waals surface area contributed by atoms with Crippen LogP contribution in [0, 0.1) is 34.3 Å². The number of hydrogen-bond donors (Lipinski definition) is 0. The molecule has 0 N–H and O–H groups in total. The Morgan fingerprint density at radius 1 is 0.756 bits per heavy atom. The minimum absolute atomic E-state index is 0.00269. The van der Waals surface area contributed by atoms with E-state index in [1.807, 2.05) is 0 Å². The third-order valence-corrected chi connectivity index (χ3v) is 5.86. The summed E-state index contributed by atoms with van der Waals surface area (Å²) in [6, 6.07) is 13.1. The molecule has 0 saturated carbocycles. The summed E-state index contributed by atoms with van der Waals surface area (Å²) in [6.45, 7) is -0.645. The number of rotatable bonds is 5. The normalized spacial score (nSPS) is 11.6. The van der Waals surface area contributed by atoms with Crippen LogP contribution in [0.5, 0.6) is 11.5 Å². The summed E-state index contributed by atoms with van der Waals surface area (Å²) in [5.74, 6) is -2.11. The zero-order valence-corrected chi connectivity index (χ0v) is 20.2. The van der Waals surface area contributed by atoms with Crippen molar-refractivity contribution in [3.8, 4) is 34.9 Å². The average molecular weight is 575 g/mol. The molecule has 1 aromatic heterocycles. The lowest BCUT2D eigenvalue weighted by Gasteiger charge is -2.18. The Morgan fingerprint density at radius 3 is 1.95 bits per heavy atom. The van der Waals surface area contributed by atoms with E-state index in [0.29, 0.717) is 18.2 Å². The molecule has 1 heterocycles. The van der Waals surface area contributed by atoms with Crippen molar-refractivity contribution in [1.82, 2.24) is 4.57 Å². The molecule has 0 spiro atoms. The predicted molar refractivity (Wildman–Crippen MR) is 128 cm³/mol. The van der Waals surface area contributed by atoms with Gasteiger partial charge in [0.15, 0.2) is 0 Å². The first kappa shape index (κ1) is 28.8. The second-order valence-electron chi connectivity index (χ2n) is 8.50. The summed E-state index contributed by atoms with van der Waals surface area (Å²) in [4.78, 5) is 13.0. The quantitative estimate of drug-likeness (QED) is 0.232. The van der Waals surface area contributed by atoms with E-state index in [1.165, 1.54) is 36.4 Å². The fourth-order valence-corrected chi connectivity index (χ4v) is 3.95. The molecule has 0 radical (unpaired) electrons. The molecule has 5 nitrogen and oxygen atoms in total. The summed E-state index contributed by atoms with van der Waals surface area (Å²) in [6.07, 6.45) is -9.86. The summed E-state index contributed by atoms with van der Waals surface area (Å²) >= 11 is 0. The van der Waals surface area contributed by atoms with Gasteiger partial charge in [-0.05, 0) is 60.2 Å². The largest absolute Gasteiger partial charge is 0.457 e. The number of ether oxygens (including phenoxy) is 1. The first-order chi connectivity index (χ1) is 19.2. The number of hydrogen-bond acceptors (Lipinski definition) is 4. The summed E-state index contributed by atoms with van der Waals surface area (Å²) in [5.41, 5.74) is -6.58. The van der Waals surface area contributed by atoms with E-state index < -0.39 is 58.3 Å². The molecule has 0 unspecified atom stereocenters. The Labute approximate surface area is 225 Å². The zero-order chi connectivity index (χ0) is 30.1. The third kappa shape index (κ3) is 6.04. The standard InChI is InChI=1S/C28H13F8N3O2/c29-18-4-1-16(24(30)10-18)14-39-25(11-23(28(34,35)36)21(13-38)26(39)40)15-2-5-19(6-3-15)41-20-7-8-22(27(31,32)33)17(9-20)12-37/h1-11H,14H2. The predicted octanol–water partition coefficient (Wildman–Crippen LogP) is 7.42. The van der Waals surface area contributed by atoms with Crippen LogP contribution in [0.4, 0.5) is 35.1 Å². The van der Waals surface area contributed by atoms with Gasteiger partial charge in [-0.1, -0.05) is 6.07 Å². The summed E-state index contributed by atoms with van der Waals surface area (Å²) in [7, 11) is 0. The minimum atomic E-state index is -5.09. The van der Waals surface area contributed by atoms with Crippen LogP contribution in [0.2, 0.25) is 0 Å². The molecule has 0 aliphatic carbocycles. The van der Waals surface area contributed by atoms with E-state index >= 15 is 0 Å². The highest BCUT2D eigenvalue weighted by Gasteiger charge is 2.37. The van der Waals surface area contributed by atoms with Crippen LogP contribution in [-0.2, 0) is 18.9 Å². The highest BCUT2D eigenvalue weighted by atomic mass is 19.4. The maximum Gasteiger partial charge on any atom is 0.417 e. The molecule has 41 heavy (non-hydrogen) atoms. The van der Waals surface area contributed by atoms with Crippen LogP contribution in [0.1, 0.15) is 27.8 Å². The fourth-order valence-electron chi connectivity index (χ4n) is 3.95. The van der Waals surface area contributed by atoms with Gasteiger partial charge in [0.25, 0.3) is 5.56 Å². The van der Waals surface area contributed by atoms with Gasteiger partial charge in [-0.3, -0.25) is 4.79 Å². The van der Waals surface area contributed by atoms with E-state index in [2.05, 4.69) is 0 Å². The number of alkyl halides is 6. The first-order valence-corrected chi connectivity index (χ1v) is 11.3. The number of nitrogens with zero attached hydrogens (tertiary/aromatic N) is 3. The number of halogens is 8. The second-order valence-corrected chi connectivity index (χ2v) is 8.50. The van der Waals surface area contributed by atoms with Crippen LogP contribution in [0.25, 0.3) is 11.3 Å². The molecule has 4 aromatic rings. The van der Waals surface area contributed by atoms with Gasteiger partial charge >= 0.3 is 12.4 Å². The maximum atomic E-state index is 14.4. The van der Waals surface area contributed by atoms with Gasteiger partial charge in [-0.2, -0.15) is 36.9 Å². The monoisotopic (exact) mass is 575 g/mol. The Kier molecular flexibility index (Phi) is 7.57. The molecular weight excluding hydrogens is 562 g/mol. The maximum absolute atomic E-state index is 14.4. The van der Waals surface area contributed by atoms with Crippen molar-refractivity contribution in [1.29, 1.82) is 10.5 Å². The van der Waals surface area contributed by atoms with Gasteiger partial charge < -0.3 is 9.30 Å². The highest BCUT2D eigenvalue weighted by Crippen LogP contribution is 2.36. The van der Waals surface area contributed by atoms with Gasteiger partial charge in [0.2, 0.25) is 0 Å². The van der Waals surface area contributed by atoms with E-state index in [0.717, 1.165) is 28.8 Å². The summed E-state index contributed by atoms with van der Waals surface area (Å²) < 4.78 is 114. The van der Waals surface area contributed by atoms with Crippen molar-refractivity contribution in [2.45, 2.75) is 18.9 Å². The van der Waals surface area contributed by atoms with E-state index in [1.54, 1.807) is 0 Å². The molecule has 0 amide bonds. The van der Waals surface area contributed by atoms with Crippen molar-refractivity contribution < 1.29 is 39.9 Å². The number of pyridine rings is 1. The van der Waals surface area contributed by atoms with Gasteiger partial charge in [0.05, 0.1) is 35.0 Å². The molecule has 0 bridgehead atoms. The lowest BCUT2D eigenvalue weighted by Crippen LogP contribution is -2.29. The van der Waals surface area contributed by atoms with Gasteiger partial charge in [-0.15, -0.1) is 0 Å². The molecule has 0 fully saturated rings. The van der Waals surface area contributed by atoms with Crippen LogP contribution < -0.4 is 10.3 Å². The van der Waals surface area contributed by atoms with Crippen LogP contribution >= 0.6 is 0 Å². The number of nitriles is 2. The average Bonchev–Trinajstić information content (AvgIpc) is 2.90. The SMILES string of the molecule is N#Cc1cc(Oc2ccc(-c3cc(C(F)(F)F)c(C#N)c(=O)n3Cc3ccc(F)cc3F)cc2)ccc1C(F)(F)F. The molecule has 3 aromatic carbocycles. The van der Waals surface area contributed by atoms with Crippen molar-refractivity contribution in [3.63, 3.8) is 0 Å². The highest BCUT2D eigenvalue weighted by molar-refractivity contribution is 5.64. The van der Waals surface area contributed by atoms with Crippen LogP contribution in [0.15, 0.2) is 71.5 Å². The Balaban J connectivity index is 1.78. The zero-order valence-electron chi connectivity index (χ0n) is 20.2. The first-order valence-electron chi connectivity index (χ1n) is 11.3. The number of aromatic nitrogens is 1. The lowest BCUT2D eigenvalue weighted by molar-refractivity contribution is -0.138. The van der Waals surface area contributed by atoms with Gasteiger partial charge in [0, 0.05) is 11.6 Å². The molecule has 4 rings (SSSR count). The molecule has 0 saturated heterocycles. The van der Waals surface area contributed by atoms with Crippen molar-refractivity contribution in [2.24, 2.45) is 0 Å². The van der Waals surface area contributed by atoms with Gasteiger partial charge in [-0.25, -0.2) is 8.78 Å². The Bertz CT molecular complexity index is 1780. The molecule has 0 atom stereocenters. The number of benzene rings is 3. The van der Waals surface area contributed by atoms with E-state index in [4.69, 9.17) is 10.00 Å². The van der Waals surface area contributed by atoms with Gasteiger partial charge in [0.1, 0.15) is 34.8 Å². The molecular formula is C28H13F8N3O2. The van der Waals surface area contributed by atoms with Crippen molar-refractivity contribution in [2.75, 3.05) is 0 Å². The van der Waals surface area contributed by atoms with Crippen molar-refractivity contribution in [3.05, 3.63) is 117 Å². The van der Waals surface area contributed by atoms with E-state index in [9.17, 15) is 45.2 Å². The second kappa shape index (κ2) is 10.8. The Morgan fingerprint density at radius 2 is 1.39 bits per heavy atom. The van der Waals surface area contributed by atoms with E-state index in [-0.39, 0.29) is 28.3 Å². The third-order valence-electron chi connectivity index (χ3n) is 5.86. The van der Waals surface area contributed by atoms with Crippen LogP contribution in [0.3, 0.4) is 0 Å². The smallest absolute Gasteiger partial charge is 0.417 e.